The van der Waals surface area contributed by atoms with E-state index in [4.69, 9.17) is 0 Å². The largest absolute Gasteiger partial charge is 0.326 e. The number of pyridine rings is 1. The summed E-state index contributed by atoms with van der Waals surface area (Å²) >= 11 is 1.52. The highest BCUT2D eigenvalue weighted by atomic mass is 32.1. The number of nitrogens with zero attached hydrogens (tertiary/aromatic N) is 1. The molecule has 25 heavy (non-hydrogen) atoms. The van der Waals surface area contributed by atoms with Gasteiger partial charge in [-0.1, -0.05) is 13.8 Å². The van der Waals surface area contributed by atoms with Gasteiger partial charge in [-0.15, -0.1) is 11.3 Å². The van der Waals surface area contributed by atoms with Crippen LogP contribution in [0.5, 0.6) is 0 Å². The molecule has 3 rings (SSSR count). The van der Waals surface area contributed by atoms with Crippen molar-refractivity contribution in [2.24, 2.45) is 5.92 Å². The number of piperidine rings is 1. The highest BCUT2D eigenvalue weighted by molar-refractivity contribution is 7.15. The van der Waals surface area contributed by atoms with Crippen molar-refractivity contribution < 1.29 is 4.79 Å². The zero-order valence-corrected chi connectivity index (χ0v) is 15.4. The van der Waals surface area contributed by atoms with E-state index >= 15 is 0 Å². The summed E-state index contributed by atoms with van der Waals surface area (Å²) in [4.78, 5) is 32.6. The maximum Gasteiger partial charge on any atom is 0.257 e. The summed E-state index contributed by atoms with van der Waals surface area (Å²) in [6.07, 6.45) is 4.79. The molecule has 0 aromatic carbocycles. The standard InChI is InChI=1S/C18H24N4O2S/c1-11(2)7-14-8-13(9-16(23)21-14)17(24)22-18-20-10-15(25-18)12-3-5-19-6-4-12/h8-12,19H,3-7H2,1-2H3,(H,21,23)(H,20,22,24). The van der Waals surface area contributed by atoms with E-state index in [-0.39, 0.29) is 11.5 Å². The van der Waals surface area contributed by atoms with E-state index in [0.717, 1.165) is 38.0 Å². The number of carbonyl (C=O) groups excluding carboxylic acids is 1. The van der Waals surface area contributed by atoms with E-state index in [2.05, 4.69) is 34.4 Å². The molecule has 0 bridgehead atoms. The molecule has 0 spiro atoms. The number of nitrogens with one attached hydrogen (secondary N) is 3. The molecular weight excluding hydrogens is 336 g/mol. The molecule has 1 fully saturated rings. The summed E-state index contributed by atoms with van der Waals surface area (Å²) in [6, 6.07) is 3.08. The third-order valence-electron chi connectivity index (χ3n) is 4.28. The van der Waals surface area contributed by atoms with Crippen LogP contribution in [0.15, 0.2) is 23.1 Å². The minimum Gasteiger partial charge on any atom is -0.326 e. The lowest BCUT2D eigenvalue weighted by atomic mass is 9.97. The van der Waals surface area contributed by atoms with Crippen LogP contribution >= 0.6 is 11.3 Å². The van der Waals surface area contributed by atoms with E-state index in [1.165, 1.54) is 22.3 Å². The number of amides is 1. The molecule has 2 aromatic heterocycles. The molecule has 3 N–H and O–H groups in total. The molecule has 0 atom stereocenters. The van der Waals surface area contributed by atoms with Gasteiger partial charge >= 0.3 is 0 Å². The number of hydrogen-bond donors (Lipinski definition) is 3. The Bertz CT molecular complexity index is 790. The fourth-order valence-electron chi connectivity index (χ4n) is 3.09. The number of aromatic nitrogens is 2. The third-order valence-corrected chi connectivity index (χ3v) is 5.35. The van der Waals surface area contributed by atoms with Crippen molar-refractivity contribution in [1.29, 1.82) is 0 Å². The molecule has 0 aliphatic carbocycles. The number of carbonyl (C=O) groups is 1. The van der Waals surface area contributed by atoms with E-state index in [1.807, 2.05) is 6.20 Å². The molecule has 134 valence electrons. The number of rotatable bonds is 5. The van der Waals surface area contributed by atoms with Gasteiger partial charge in [0.15, 0.2) is 5.13 Å². The second-order valence-corrected chi connectivity index (χ2v) is 7.96. The molecule has 6 nitrogen and oxygen atoms in total. The van der Waals surface area contributed by atoms with Gasteiger partial charge in [0.2, 0.25) is 5.56 Å². The van der Waals surface area contributed by atoms with Crippen LogP contribution < -0.4 is 16.2 Å². The predicted octanol–water partition coefficient (Wildman–Crippen LogP) is 2.75. The number of anilines is 1. The fraction of sp³-hybridized carbons (Fsp3) is 0.500. The number of aromatic amines is 1. The first-order chi connectivity index (χ1) is 12.0. The summed E-state index contributed by atoms with van der Waals surface area (Å²) in [7, 11) is 0. The van der Waals surface area contributed by atoms with E-state index in [9.17, 15) is 9.59 Å². The molecule has 0 radical (unpaired) electrons. The Morgan fingerprint density at radius 3 is 2.84 bits per heavy atom. The Hall–Kier alpha value is -1.99. The lowest BCUT2D eigenvalue weighted by molar-refractivity contribution is 0.102. The van der Waals surface area contributed by atoms with Crippen LogP contribution in [0.2, 0.25) is 0 Å². The van der Waals surface area contributed by atoms with Gasteiger partial charge in [-0.25, -0.2) is 4.98 Å². The second-order valence-electron chi connectivity index (χ2n) is 6.90. The Balaban J connectivity index is 1.71. The lowest BCUT2D eigenvalue weighted by Gasteiger charge is -2.20. The highest BCUT2D eigenvalue weighted by Gasteiger charge is 2.19. The van der Waals surface area contributed by atoms with Gasteiger partial charge in [0.05, 0.1) is 0 Å². The van der Waals surface area contributed by atoms with Crippen molar-refractivity contribution in [1.82, 2.24) is 15.3 Å². The van der Waals surface area contributed by atoms with Crippen LogP contribution in [0.3, 0.4) is 0 Å². The molecule has 2 aromatic rings. The van der Waals surface area contributed by atoms with Gasteiger partial charge in [-0.3, -0.25) is 14.9 Å². The van der Waals surface area contributed by atoms with Crippen molar-refractivity contribution in [3.8, 4) is 0 Å². The van der Waals surface area contributed by atoms with Crippen molar-refractivity contribution in [3.05, 3.63) is 44.8 Å². The smallest absolute Gasteiger partial charge is 0.257 e. The van der Waals surface area contributed by atoms with Crippen LogP contribution in [0, 0.1) is 5.92 Å². The van der Waals surface area contributed by atoms with Crippen LogP contribution in [-0.4, -0.2) is 29.0 Å². The average Bonchev–Trinajstić information content (AvgIpc) is 3.03. The first-order valence-corrected chi connectivity index (χ1v) is 9.54. The Morgan fingerprint density at radius 1 is 1.36 bits per heavy atom. The molecular formula is C18H24N4O2S. The molecule has 1 saturated heterocycles. The predicted molar refractivity (Wildman–Crippen MR) is 101 cm³/mol. The second kappa shape index (κ2) is 7.93. The number of H-pyrrole nitrogens is 1. The molecule has 3 heterocycles. The van der Waals surface area contributed by atoms with Crippen LogP contribution in [0.25, 0.3) is 0 Å². The van der Waals surface area contributed by atoms with Gasteiger partial charge in [0, 0.05) is 28.4 Å². The Labute approximate surface area is 151 Å². The van der Waals surface area contributed by atoms with Gasteiger partial charge in [0.25, 0.3) is 5.91 Å². The van der Waals surface area contributed by atoms with Gasteiger partial charge in [-0.05, 0) is 50.3 Å². The average molecular weight is 360 g/mol. The van der Waals surface area contributed by atoms with Gasteiger partial charge < -0.3 is 10.3 Å². The summed E-state index contributed by atoms with van der Waals surface area (Å²) < 4.78 is 0. The van der Waals surface area contributed by atoms with E-state index < -0.39 is 0 Å². The SMILES string of the molecule is CC(C)Cc1cc(C(=O)Nc2ncc(C3CCNCC3)s2)cc(=O)[nH]1. The number of thiazole rings is 1. The minimum absolute atomic E-state index is 0.252. The third kappa shape index (κ3) is 4.76. The first kappa shape index (κ1) is 17.8. The lowest BCUT2D eigenvalue weighted by Crippen LogP contribution is -2.26. The van der Waals surface area contributed by atoms with Crippen molar-refractivity contribution in [3.63, 3.8) is 0 Å². The Kier molecular flexibility index (Phi) is 5.65. The monoisotopic (exact) mass is 360 g/mol. The van der Waals surface area contributed by atoms with Crippen molar-refractivity contribution in [2.75, 3.05) is 18.4 Å². The first-order valence-electron chi connectivity index (χ1n) is 8.72. The summed E-state index contributed by atoms with van der Waals surface area (Å²) in [6.45, 7) is 6.19. The molecule has 0 saturated carbocycles. The zero-order chi connectivity index (χ0) is 17.8. The maximum absolute atomic E-state index is 12.5. The molecule has 0 unspecified atom stereocenters. The Morgan fingerprint density at radius 2 is 2.12 bits per heavy atom. The molecule has 1 aliphatic rings. The topological polar surface area (TPSA) is 86.9 Å². The van der Waals surface area contributed by atoms with Crippen LogP contribution in [-0.2, 0) is 6.42 Å². The maximum atomic E-state index is 12.5. The van der Waals surface area contributed by atoms with E-state index in [0.29, 0.717) is 22.5 Å². The van der Waals surface area contributed by atoms with E-state index in [1.54, 1.807) is 6.07 Å². The summed E-state index contributed by atoms with van der Waals surface area (Å²) in [5.74, 6) is 0.629. The zero-order valence-electron chi connectivity index (χ0n) is 14.6. The van der Waals surface area contributed by atoms with Crippen LogP contribution in [0.1, 0.15) is 53.5 Å². The fourth-order valence-corrected chi connectivity index (χ4v) is 4.07. The molecule has 1 aliphatic heterocycles. The minimum atomic E-state index is -0.290. The molecule has 7 heteroatoms. The summed E-state index contributed by atoms with van der Waals surface area (Å²) in [5.41, 5.74) is 0.901. The van der Waals surface area contributed by atoms with Crippen LogP contribution in [0.4, 0.5) is 5.13 Å². The van der Waals surface area contributed by atoms with Gasteiger partial charge in [-0.2, -0.15) is 0 Å². The summed E-state index contributed by atoms with van der Waals surface area (Å²) in [5, 5.41) is 6.76. The van der Waals surface area contributed by atoms with Gasteiger partial charge in [0.1, 0.15) is 0 Å². The highest BCUT2D eigenvalue weighted by Crippen LogP contribution is 2.31. The number of hydrogen-bond acceptors (Lipinski definition) is 5. The normalized spacial score (nSPS) is 15.5. The quantitative estimate of drug-likeness (QED) is 0.765. The van der Waals surface area contributed by atoms with Crippen molar-refractivity contribution >= 4 is 22.4 Å². The van der Waals surface area contributed by atoms with Crippen molar-refractivity contribution in [2.45, 2.75) is 39.0 Å². The molecule has 1 amide bonds.